The first-order chi connectivity index (χ1) is 13.3. The SMILES string of the molecule is CCCCCC1CCC(c2ccc(-c3cc(-c4cccs4)on3)cc2)CC1. The summed E-state index contributed by atoms with van der Waals surface area (Å²) in [5.74, 6) is 2.56. The van der Waals surface area contributed by atoms with E-state index in [1.807, 2.05) is 12.1 Å². The van der Waals surface area contributed by atoms with E-state index in [0.717, 1.165) is 33.7 Å². The number of hydrogen-bond donors (Lipinski definition) is 0. The van der Waals surface area contributed by atoms with Crippen LogP contribution in [0.5, 0.6) is 0 Å². The van der Waals surface area contributed by atoms with Gasteiger partial charge in [0.05, 0.1) is 4.88 Å². The number of aromatic nitrogens is 1. The molecule has 0 spiro atoms. The van der Waals surface area contributed by atoms with Crippen LogP contribution in [0, 0.1) is 5.92 Å². The second-order valence-corrected chi connectivity index (χ2v) is 8.84. The van der Waals surface area contributed by atoms with Crippen LogP contribution in [0.3, 0.4) is 0 Å². The van der Waals surface area contributed by atoms with Crippen LogP contribution in [0.4, 0.5) is 0 Å². The summed E-state index contributed by atoms with van der Waals surface area (Å²) in [5, 5.41) is 6.32. The van der Waals surface area contributed by atoms with Crippen LogP contribution in [0.2, 0.25) is 0 Å². The molecule has 0 aliphatic heterocycles. The lowest BCUT2D eigenvalue weighted by atomic mass is 9.77. The van der Waals surface area contributed by atoms with E-state index in [4.69, 9.17) is 4.52 Å². The van der Waals surface area contributed by atoms with Gasteiger partial charge in [0.15, 0.2) is 5.76 Å². The number of unbranched alkanes of at least 4 members (excludes halogenated alkanes) is 2. The molecule has 1 fully saturated rings. The predicted octanol–water partition coefficient (Wildman–Crippen LogP) is 7.92. The molecule has 3 heteroatoms. The summed E-state index contributed by atoms with van der Waals surface area (Å²) >= 11 is 1.68. The van der Waals surface area contributed by atoms with Gasteiger partial charge in [-0.3, -0.25) is 0 Å². The molecule has 142 valence electrons. The lowest BCUT2D eigenvalue weighted by Gasteiger charge is -2.29. The summed E-state index contributed by atoms with van der Waals surface area (Å²) in [6.45, 7) is 2.29. The van der Waals surface area contributed by atoms with E-state index in [2.05, 4.69) is 47.8 Å². The third-order valence-electron chi connectivity index (χ3n) is 6.01. The standard InChI is InChI=1S/C24H29NOS/c1-2-3-4-6-18-8-10-19(11-9-18)20-12-14-21(15-13-20)22-17-23(26-25-22)24-7-5-16-27-24/h5,7,12-19H,2-4,6,8-11H2,1H3. The molecule has 0 atom stereocenters. The molecule has 0 N–H and O–H groups in total. The molecule has 2 heterocycles. The topological polar surface area (TPSA) is 26.0 Å². The summed E-state index contributed by atoms with van der Waals surface area (Å²) < 4.78 is 5.52. The maximum absolute atomic E-state index is 5.52. The third-order valence-corrected chi connectivity index (χ3v) is 6.90. The molecule has 3 aromatic rings. The van der Waals surface area contributed by atoms with Gasteiger partial charge in [0.25, 0.3) is 0 Å². The van der Waals surface area contributed by atoms with Gasteiger partial charge < -0.3 is 4.52 Å². The Morgan fingerprint density at radius 1 is 1.04 bits per heavy atom. The van der Waals surface area contributed by atoms with Gasteiger partial charge in [-0.15, -0.1) is 11.3 Å². The van der Waals surface area contributed by atoms with Gasteiger partial charge in [-0.2, -0.15) is 0 Å². The quantitative estimate of drug-likeness (QED) is 0.390. The van der Waals surface area contributed by atoms with Crippen molar-refractivity contribution in [1.29, 1.82) is 0 Å². The van der Waals surface area contributed by atoms with Crippen molar-refractivity contribution >= 4 is 11.3 Å². The predicted molar refractivity (Wildman–Crippen MR) is 114 cm³/mol. The first kappa shape index (κ1) is 18.5. The average molecular weight is 380 g/mol. The van der Waals surface area contributed by atoms with E-state index in [1.54, 1.807) is 11.3 Å². The van der Waals surface area contributed by atoms with Gasteiger partial charge in [-0.05, 0) is 54.5 Å². The number of rotatable bonds is 7. The van der Waals surface area contributed by atoms with Crippen molar-refractivity contribution in [2.45, 2.75) is 64.2 Å². The molecule has 0 unspecified atom stereocenters. The minimum atomic E-state index is 0.737. The summed E-state index contributed by atoms with van der Waals surface area (Å²) in [7, 11) is 0. The molecular weight excluding hydrogens is 350 g/mol. The summed E-state index contributed by atoms with van der Waals surface area (Å²) in [5.41, 5.74) is 3.55. The Morgan fingerprint density at radius 2 is 1.85 bits per heavy atom. The fourth-order valence-corrected chi connectivity index (χ4v) is 5.01. The van der Waals surface area contributed by atoms with Crippen molar-refractivity contribution in [3.8, 4) is 21.9 Å². The Balaban J connectivity index is 1.36. The second kappa shape index (κ2) is 8.88. The first-order valence-electron chi connectivity index (χ1n) is 10.4. The van der Waals surface area contributed by atoms with Crippen LogP contribution in [0.25, 0.3) is 21.9 Å². The second-order valence-electron chi connectivity index (χ2n) is 7.89. The number of benzene rings is 1. The molecule has 1 aliphatic carbocycles. The van der Waals surface area contributed by atoms with Crippen LogP contribution in [0.1, 0.15) is 69.8 Å². The van der Waals surface area contributed by atoms with Crippen LogP contribution >= 0.6 is 11.3 Å². The molecular formula is C24H29NOS. The monoisotopic (exact) mass is 379 g/mol. The lowest BCUT2D eigenvalue weighted by Crippen LogP contribution is -2.13. The van der Waals surface area contributed by atoms with E-state index < -0.39 is 0 Å². The van der Waals surface area contributed by atoms with E-state index in [0.29, 0.717) is 0 Å². The molecule has 0 radical (unpaired) electrons. The van der Waals surface area contributed by atoms with Crippen LogP contribution in [0.15, 0.2) is 52.4 Å². The van der Waals surface area contributed by atoms with Gasteiger partial charge in [-0.1, -0.05) is 68.1 Å². The zero-order valence-corrected chi connectivity index (χ0v) is 17.0. The van der Waals surface area contributed by atoms with Crippen molar-refractivity contribution in [2.24, 2.45) is 5.92 Å². The average Bonchev–Trinajstić information content (AvgIpc) is 3.41. The number of hydrogen-bond acceptors (Lipinski definition) is 3. The largest absolute Gasteiger partial charge is 0.355 e. The molecule has 0 amide bonds. The zero-order chi connectivity index (χ0) is 18.5. The summed E-state index contributed by atoms with van der Waals surface area (Å²) in [6.07, 6.45) is 11.1. The van der Waals surface area contributed by atoms with E-state index >= 15 is 0 Å². The van der Waals surface area contributed by atoms with Gasteiger partial charge >= 0.3 is 0 Å². The van der Waals surface area contributed by atoms with Crippen molar-refractivity contribution in [1.82, 2.24) is 5.16 Å². The van der Waals surface area contributed by atoms with Crippen molar-refractivity contribution in [2.75, 3.05) is 0 Å². The molecule has 4 rings (SSSR count). The Labute approximate surface area is 166 Å². The molecule has 0 saturated heterocycles. The highest BCUT2D eigenvalue weighted by Gasteiger charge is 2.22. The van der Waals surface area contributed by atoms with Gasteiger partial charge in [0.2, 0.25) is 0 Å². The summed E-state index contributed by atoms with van der Waals surface area (Å²) in [6, 6.07) is 15.2. The molecule has 1 aromatic carbocycles. The molecule has 0 bridgehead atoms. The van der Waals surface area contributed by atoms with Crippen molar-refractivity contribution < 1.29 is 4.52 Å². The van der Waals surface area contributed by atoms with Crippen LogP contribution < -0.4 is 0 Å². The minimum Gasteiger partial charge on any atom is -0.355 e. The van der Waals surface area contributed by atoms with Crippen molar-refractivity contribution in [3.05, 3.63) is 53.4 Å². The molecule has 1 saturated carbocycles. The number of nitrogens with zero attached hydrogens (tertiary/aromatic N) is 1. The smallest absolute Gasteiger partial charge is 0.177 e. The molecule has 27 heavy (non-hydrogen) atoms. The number of thiophene rings is 1. The van der Waals surface area contributed by atoms with Crippen molar-refractivity contribution in [3.63, 3.8) is 0 Å². The highest BCUT2D eigenvalue weighted by atomic mass is 32.1. The Kier molecular flexibility index (Phi) is 6.08. The van der Waals surface area contributed by atoms with Gasteiger partial charge in [-0.25, -0.2) is 0 Å². The van der Waals surface area contributed by atoms with E-state index in [1.165, 1.54) is 56.9 Å². The fraction of sp³-hybridized carbons (Fsp3) is 0.458. The van der Waals surface area contributed by atoms with Crippen LogP contribution in [-0.4, -0.2) is 5.16 Å². The highest BCUT2D eigenvalue weighted by molar-refractivity contribution is 7.13. The molecule has 2 aromatic heterocycles. The zero-order valence-electron chi connectivity index (χ0n) is 16.2. The van der Waals surface area contributed by atoms with E-state index in [9.17, 15) is 0 Å². The molecule has 2 nitrogen and oxygen atoms in total. The Bertz CT molecular complexity index is 810. The Hall–Kier alpha value is -1.87. The maximum Gasteiger partial charge on any atom is 0.177 e. The molecule has 1 aliphatic rings. The highest BCUT2D eigenvalue weighted by Crippen LogP contribution is 2.38. The summed E-state index contributed by atoms with van der Waals surface area (Å²) in [4.78, 5) is 1.13. The minimum absolute atomic E-state index is 0.737. The fourth-order valence-electron chi connectivity index (χ4n) is 4.34. The van der Waals surface area contributed by atoms with Gasteiger partial charge in [0, 0.05) is 11.6 Å². The van der Waals surface area contributed by atoms with Crippen LogP contribution in [-0.2, 0) is 0 Å². The lowest BCUT2D eigenvalue weighted by molar-refractivity contribution is 0.303. The van der Waals surface area contributed by atoms with E-state index in [-0.39, 0.29) is 0 Å². The maximum atomic E-state index is 5.52. The Morgan fingerprint density at radius 3 is 2.56 bits per heavy atom. The van der Waals surface area contributed by atoms with Gasteiger partial charge in [0.1, 0.15) is 5.69 Å². The first-order valence-corrected chi connectivity index (χ1v) is 11.3. The third kappa shape index (κ3) is 4.52. The normalized spacial score (nSPS) is 20.0.